The first kappa shape index (κ1) is 37.5. The predicted octanol–water partition coefficient (Wildman–Crippen LogP) is 11.9. The van der Waals surface area contributed by atoms with E-state index >= 15 is 0 Å². The van der Waals surface area contributed by atoms with E-state index in [1.165, 1.54) is 0 Å². The van der Waals surface area contributed by atoms with Gasteiger partial charge in [0, 0.05) is 0 Å². The van der Waals surface area contributed by atoms with Crippen molar-refractivity contribution in [2.75, 3.05) is 0 Å². The lowest BCUT2D eigenvalue weighted by Gasteiger charge is -2.42. The molecule has 1 aliphatic rings. The summed E-state index contributed by atoms with van der Waals surface area (Å²) < 4.78 is 12.9. The molecule has 4 aromatic rings. The standard InChI is InChI=1S/C44H56O4Si2/c1-41(2,3)49(7,8)47-39-23-15-35(16-24-39)33-11-19-37(20-12-33)43(31-45)27-29-44(32-46,30-28-43)38-21-13-34(14-22-38)36-17-25-40(26-18-36)48-50(9,10)42(4,5)6/h11-26,31-32H,27-30H2,1-10H3. The highest BCUT2D eigenvalue weighted by molar-refractivity contribution is 6.75. The Labute approximate surface area is 302 Å². The van der Waals surface area contributed by atoms with Gasteiger partial charge in [-0.15, -0.1) is 0 Å². The minimum absolute atomic E-state index is 0.139. The zero-order valence-electron chi connectivity index (χ0n) is 31.9. The number of benzene rings is 4. The molecule has 0 unspecified atom stereocenters. The Hall–Kier alpha value is -3.75. The smallest absolute Gasteiger partial charge is 0.250 e. The molecule has 0 aromatic heterocycles. The lowest BCUT2D eigenvalue weighted by Crippen LogP contribution is -2.43. The number of carbonyl (C=O) groups is 2. The molecule has 6 heteroatoms. The number of hydrogen-bond acceptors (Lipinski definition) is 4. The maximum atomic E-state index is 12.7. The van der Waals surface area contributed by atoms with Crippen molar-refractivity contribution in [3.8, 4) is 33.8 Å². The molecule has 0 saturated heterocycles. The van der Waals surface area contributed by atoms with Gasteiger partial charge >= 0.3 is 0 Å². The first-order valence-electron chi connectivity index (χ1n) is 18.1. The Kier molecular flexibility index (Phi) is 10.3. The molecule has 1 fully saturated rings. The topological polar surface area (TPSA) is 52.6 Å². The first-order chi connectivity index (χ1) is 23.3. The van der Waals surface area contributed by atoms with Crippen LogP contribution in [-0.2, 0) is 20.4 Å². The highest BCUT2D eigenvalue weighted by Crippen LogP contribution is 2.47. The lowest BCUT2D eigenvalue weighted by molar-refractivity contribution is -0.118. The van der Waals surface area contributed by atoms with Crippen LogP contribution in [0.25, 0.3) is 22.3 Å². The lowest BCUT2D eigenvalue weighted by atomic mass is 9.60. The Bertz CT molecular complexity index is 1630. The molecule has 0 bridgehead atoms. The van der Waals surface area contributed by atoms with Gasteiger partial charge in [-0.25, -0.2) is 0 Å². The van der Waals surface area contributed by atoms with Gasteiger partial charge in [0.2, 0.25) is 16.6 Å². The molecule has 0 radical (unpaired) electrons. The molecule has 4 nitrogen and oxygen atoms in total. The maximum absolute atomic E-state index is 12.7. The van der Waals surface area contributed by atoms with Crippen molar-refractivity contribution >= 4 is 29.2 Å². The van der Waals surface area contributed by atoms with E-state index in [0.717, 1.165) is 57.5 Å². The van der Waals surface area contributed by atoms with E-state index in [2.05, 4.69) is 165 Å². The summed E-state index contributed by atoms with van der Waals surface area (Å²) in [4.78, 5) is 25.5. The van der Waals surface area contributed by atoms with Gasteiger partial charge in [-0.05, 0) is 120 Å². The largest absolute Gasteiger partial charge is 0.544 e. The fourth-order valence-electron chi connectivity index (χ4n) is 6.41. The van der Waals surface area contributed by atoms with Gasteiger partial charge in [-0.1, -0.05) is 114 Å². The van der Waals surface area contributed by atoms with Crippen LogP contribution in [-0.4, -0.2) is 29.2 Å². The summed E-state index contributed by atoms with van der Waals surface area (Å²) in [6.07, 6.45) is 4.75. The second kappa shape index (κ2) is 13.8. The third-order valence-corrected chi connectivity index (χ3v) is 20.9. The van der Waals surface area contributed by atoms with E-state index in [-0.39, 0.29) is 10.1 Å². The summed E-state index contributed by atoms with van der Waals surface area (Å²) in [7, 11) is -3.81. The number of rotatable bonds is 10. The zero-order valence-corrected chi connectivity index (χ0v) is 33.9. The molecule has 5 rings (SSSR count). The third kappa shape index (κ3) is 7.62. The molecular weight excluding hydrogens is 649 g/mol. The van der Waals surface area contributed by atoms with Crippen LogP contribution in [0.3, 0.4) is 0 Å². The summed E-state index contributed by atoms with van der Waals surface area (Å²) in [5, 5.41) is 0.277. The number of hydrogen-bond donors (Lipinski definition) is 0. The van der Waals surface area contributed by atoms with Crippen LogP contribution in [0.5, 0.6) is 11.5 Å². The Morgan fingerprint density at radius 1 is 0.460 bits per heavy atom. The van der Waals surface area contributed by atoms with Crippen LogP contribution in [0.1, 0.15) is 78.4 Å². The van der Waals surface area contributed by atoms with Crippen molar-refractivity contribution in [3.05, 3.63) is 108 Å². The average Bonchev–Trinajstić information content (AvgIpc) is 3.08. The van der Waals surface area contributed by atoms with Gasteiger partial charge < -0.3 is 18.4 Å². The molecule has 50 heavy (non-hydrogen) atoms. The van der Waals surface area contributed by atoms with Gasteiger partial charge in [0.05, 0.1) is 10.8 Å². The quantitative estimate of drug-likeness (QED) is 0.122. The van der Waals surface area contributed by atoms with Crippen molar-refractivity contribution in [1.82, 2.24) is 0 Å². The van der Waals surface area contributed by atoms with Gasteiger partial charge in [0.1, 0.15) is 24.1 Å². The van der Waals surface area contributed by atoms with Crippen LogP contribution < -0.4 is 8.85 Å². The molecular formula is C44H56O4Si2. The van der Waals surface area contributed by atoms with Gasteiger partial charge in [0.15, 0.2) is 0 Å². The van der Waals surface area contributed by atoms with Crippen LogP contribution in [0.2, 0.25) is 36.3 Å². The molecule has 1 aliphatic carbocycles. The van der Waals surface area contributed by atoms with Gasteiger partial charge in [0.25, 0.3) is 0 Å². The minimum Gasteiger partial charge on any atom is -0.544 e. The first-order valence-corrected chi connectivity index (χ1v) is 23.9. The SMILES string of the molecule is CC(C)(C)[Si](C)(C)Oc1ccc(-c2ccc(C3(C=O)CCC(C=O)(c4ccc(-c5ccc(O[Si](C)(C)C(C)(C)C)cc5)cc4)CC3)cc2)cc1. The number of aldehydes is 2. The van der Waals surface area contributed by atoms with Crippen molar-refractivity contribution in [3.63, 3.8) is 0 Å². The molecule has 0 heterocycles. The van der Waals surface area contributed by atoms with E-state index in [4.69, 9.17) is 8.85 Å². The Morgan fingerprint density at radius 2 is 0.700 bits per heavy atom. The molecule has 0 amide bonds. The monoisotopic (exact) mass is 704 g/mol. The summed E-state index contributed by atoms with van der Waals surface area (Å²) in [5.74, 6) is 1.82. The molecule has 0 aliphatic heterocycles. The van der Waals surface area contributed by atoms with Crippen molar-refractivity contribution in [1.29, 1.82) is 0 Å². The molecule has 1 saturated carbocycles. The molecule has 0 N–H and O–H groups in total. The van der Waals surface area contributed by atoms with Crippen molar-refractivity contribution in [2.45, 2.75) is 114 Å². The van der Waals surface area contributed by atoms with Crippen LogP contribution in [0, 0.1) is 0 Å². The molecule has 0 atom stereocenters. The fraction of sp³-hybridized carbons (Fsp3) is 0.409. The average molecular weight is 705 g/mol. The van der Waals surface area contributed by atoms with Crippen molar-refractivity contribution in [2.24, 2.45) is 0 Å². The van der Waals surface area contributed by atoms with Gasteiger partial charge in [-0.3, -0.25) is 0 Å². The fourth-order valence-corrected chi connectivity index (χ4v) is 8.47. The summed E-state index contributed by atoms with van der Waals surface area (Å²) in [6, 6.07) is 33.5. The summed E-state index contributed by atoms with van der Waals surface area (Å²) >= 11 is 0. The molecule has 4 aromatic carbocycles. The Balaban J connectivity index is 1.26. The maximum Gasteiger partial charge on any atom is 0.250 e. The normalized spacial score (nSPS) is 20.2. The van der Waals surface area contributed by atoms with E-state index in [9.17, 15) is 9.59 Å². The van der Waals surface area contributed by atoms with Crippen molar-refractivity contribution < 1.29 is 18.4 Å². The molecule has 264 valence electrons. The predicted molar refractivity (Wildman–Crippen MR) is 213 cm³/mol. The highest BCUT2D eigenvalue weighted by Gasteiger charge is 2.45. The van der Waals surface area contributed by atoms with Crippen LogP contribution in [0.15, 0.2) is 97.1 Å². The van der Waals surface area contributed by atoms with E-state index in [1.807, 2.05) is 0 Å². The highest BCUT2D eigenvalue weighted by atomic mass is 28.4. The van der Waals surface area contributed by atoms with E-state index < -0.39 is 27.5 Å². The van der Waals surface area contributed by atoms with Gasteiger partial charge in [-0.2, -0.15) is 0 Å². The molecule has 0 spiro atoms. The van der Waals surface area contributed by atoms with Crippen LogP contribution in [0.4, 0.5) is 0 Å². The van der Waals surface area contributed by atoms with E-state index in [1.54, 1.807) is 0 Å². The minimum atomic E-state index is -1.90. The second-order valence-corrected chi connectivity index (χ2v) is 26.9. The summed E-state index contributed by atoms with van der Waals surface area (Å²) in [6.45, 7) is 22.5. The second-order valence-electron chi connectivity index (χ2n) is 17.5. The Morgan fingerprint density at radius 3 is 0.920 bits per heavy atom. The zero-order chi connectivity index (χ0) is 36.6. The van der Waals surface area contributed by atoms with E-state index in [0.29, 0.717) is 25.7 Å². The van der Waals surface area contributed by atoms with Crippen LogP contribution >= 0.6 is 0 Å². The third-order valence-electron chi connectivity index (χ3n) is 12.1. The summed E-state index contributed by atoms with van der Waals surface area (Å²) in [5.41, 5.74) is 5.27. The number of carbonyl (C=O) groups excluding carboxylic acids is 2.